The number of hydrogen-bond donors (Lipinski definition) is 2. The van der Waals surface area contributed by atoms with Gasteiger partial charge in [0.05, 0.1) is 12.2 Å². The molecule has 3 aromatic rings. The van der Waals surface area contributed by atoms with Crippen LogP contribution in [0.25, 0.3) is 11.1 Å². The van der Waals surface area contributed by atoms with Crippen molar-refractivity contribution in [1.82, 2.24) is 0 Å². The van der Waals surface area contributed by atoms with Crippen molar-refractivity contribution < 1.29 is 19.4 Å². The minimum atomic E-state index is -1.04. The number of carbonyl (C=O) groups excluding carboxylic acids is 1. The zero-order valence-electron chi connectivity index (χ0n) is 15.8. The Morgan fingerprint density at radius 1 is 0.897 bits per heavy atom. The first kappa shape index (κ1) is 18.7. The predicted molar refractivity (Wildman–Crippen MR) is 111 cm³/mol. The summed E-state index contributed by atoms with van der Waals surface area (Å²) in [6.07, 6.45) is 2.48. The molecule has 4 rings (SSSR count). The van der Waals surface area contributed by atoms with Crippen LogP contribution in [-0.2, 0) is 0 Å². The van der Waals surface area contributed by atoms with Crippen LogP contribution in [0, 0.1) is 5.92 Å². The van der Waals surface area contributed by atoms with Gasteiger partial charge >= 0.3 is 5.97 Å². The maximum Gasteiger partial charge on any atom is 0.335 e. The summed E-state index contributed by atoms with van der Waals surface area (Å²) in [7, 11) is 0. The summed E-state index contributed by atoms with van der Waals surface area (Å²) < 4.78 is 5.85. The van der Waals surface area contributed by atoms with E-state index in [0.29, 0.717) is 17.2 Å². The number of carbonyl (C=O) groups is 2. The van der Waals surface area contributed by atoms with Gasteiger partial charge in [-0.25, -0.2) is 4.79 Å². The normalized spacial score (nSPS) is 13.0. The van der Waals surface area contributed by atoms with Crippen molar-refractivity contribution in [2.45, 2.75) is 12.8 Å². The van der Waals surface area contributed by atoms with E-state index in [-0.39, 0.29) is 11.5 Å². The summed E-state index contributed by atoms with van der Waals surface area (Å²) in [4.78, 5) is 23.7. The smallest absolute Gasteiger partial charge is 0.335 e. The minimum absolute atomic E-state index is 0.125. The van der Waals surface area contributed by atoms with Gasteiger partial charge < -0.3 is 15.2 Å². The van der Waals surface area contributed by atoms with Crippen molar-refractivity contribution in [2.75, 3.05) is 11.9 Å². The van der Waals surface area contributed by atoms with Gasteiger partial charge in [0.25, 0.3) is 5.91 Å². The third-order valence-corrected chi connectivity index (χ3v) is 4.84. The second kappa shape index (κ2) is 8.19. The van der Waals surface area contributed by atoms with Gasteiger partial charge in [-0.05, 0) is 72.4 Å². The molecule has 1 amide bonds. The molecule has 5 nitrogen and oxygen atoms in total. The highest BCUT2D eigenvalue weighted by atomic mass is 16.5. The fourth-order valence-corrected chi connectivity index (χ4v) is 3.04. The highest BCUT2D eigenvalue weighted by Crippen LogP contribution is 2.31. The molecular weight excluding hydrogens is 366 g/mol. The fraction of sp³-hybridized carbons (Fsp3) is 0.167. The van der Waals surface area contributed by atoms with Crippen molar-refractivity contribution >= 4 is 17.6 Å². The molecule has 1 fully saturated rings. The van der Waals surface area contributed by atoms with E-state index < -0.39 is 5.97 Å². The van der Waals surface area contributed by atoms with E-state index in [4.69, 9.17) is 9.84 Å². The highest BCUT2D eigenvalue weighted by Gasteiger charge is 2.21. The standard InChI is InChI=1S/C24H21NO4/c26-23(25-21-8-2-7-20(13-21)24(27)28)19-6-1-4-17(12-19)18-5-3-9-22(14-18)29-15-16-10-11-16/h1-9,12-14,16H,10-11,15H2,(H,25,26)(H,27,28). The maximum atomic E-state index is 12.6. The molecule has 0 atom stereocenters. The van der Waals surface area contributed by atoms with E-state index >= 15 is 0 Å². The van der Waals surface area contributed by atoms with Gasteiger partial charge in [-0.15, -0.1) is 0 Å². The average molecular weight is 387 g/mol. The summed E-state index contributed by atoms with van der Waals surface area (Å²) in [5.74, 6) is 0.183. The maximum absolute atomic E-state index is 12.6. The van der Waals surface area contributed by atoms with Crippen LogP contribution in [0.1, 0.15) is 33.6 Å². The molecule has 0 unspecified atom stereocenters. The Balaban J connectivity index is 1.51. The van der Waals surface area contributed by atoms with Gasteiger partial charge in [0, 0.05) is 11.3 Å². The summed E-state index contributed by atoms with van der Waals surface area (Å²) in [6, 6.07) is 21.4. The summed E-state index contributed by atoms with van der Waals surface area (Å²) in [6.45, 7) is 0.751. The topological polar surface area (TPSA) is 75.6 Å². The number of anilines is 1. The predicted octanol–water partition coefficient (Wildman–Crippen LogP) is 5.09. The van der Waals surface area contributed by atoms with E-state index in [1.54, 1.807) is 18.2 Å². The van der Waals surface area contributed by atoms with Crippen LogP contribution in [0.2, 0.25) is 0 Å². The second-order valence-corrected chi connectivity index (χ2v) is 7.20. The lowest BCUT2D eigenvalue weighted by molar-refractivity contribution is 0.0696. The number of amides is 1. The van der Waals surface area contributed by atoms with Crippen LogP contribution in [-0.4, -0.2) is 23.6 Å². The molecule has 0 aromatic heterocycles. The van der Waals surface area contributed by atoms with E-state index in [9.17, 15) is 9.59 Å². The van der Waals surface area contributed by atoms with Gasteiger partial charge in [-0.3, -0.25) is 4.79 Å². The van der Waals surface area contributed by atoms with Crippen molar-refractivity contribution in [3.8, 4) is 16.9 Å². The Bertz CT molecular complexity index is 1060. The molecule has 1 aliphatic carbocycles. The van der Waals surface area contributed by atoms with Crippen molar-refractivity contribution in [1.29, 1.82) is 0 Å². The number of benzene rings is 3. The first-order valence-corrected chi connectivity index (χ1v) is 9.56. The van der Waals surface area contributed by atoms with Gasteiger partial charge in [0.2, 0.25) is 0 Å². The van der Waals surface area contributed by atoms with Crippen molar-refractivity contribution in [3.63, 3.8) is 0 Å². The molecule has 1 saturated carbocycles. The van der Waals surface area contributed by atoms with E-state index in [0.717, 1.165) is 23.5 Å². The average Bonchev–Trinajstić information content (AvgIpc) is 3.57. The molecule has 0 heterocycles. The van der Waals surface area contributed by atoms with Gasteiger partial charge in [-0.2, -0.15) is 0 Å². The molecule has 0 spiro atoms. The number of aromatic carboxylic acids is 1. The Morgan fingerprint density at radius 3 is 2.34 bits per heavy atom. The lowest BCUT2D eigenvalue weighted by atomic mass is 10.0. The Kier molecular flexibility index (Phi) is 5.29. The number of hydrogen-bond acceptors (Lipinski definition) is 3. The monoisotopic (exact) mass is 387 g/mol. The largest absolute Gasteiger partial charge is 0.493 e. The van der Waals surface area contributed by atoms with Crippen LogP contribution in [0.3, 0.4) is 0 Å². The highest BCUT2D eigenvalue weighted by molar-refractivity contribution is 6.05. The number of carboxylic acids is 1. The molecule has 5 heteroatoms. The first-order chi connectivity index (χ1) is 14.1. The van der Waals surface area contributed by atoms with Crippen molar-refractivity contribution in [2.24, 2.45) is 5.92 Å². The molecule has 2 N–H and O–H groups in total. The van der Waals surface area contributed by atoms with Gasteiger partial charge in [0.15, 0.2) is 0 Å². The van der Waals surface area contributed by atoms with Crippen LogP contribution in [0.5, 0.6) is 5.75 Å². The van der Waals surface area contributed by atoms with E-state index in [1.165, 1.54) is 25.0 Å². The third-order valence-electron chi connectivity index (χ3n) is 4.84. The number of rotatable bonds is 7. The number of ether oxygens (including phenoxy) is 1. The van der Waals surface area contributed by atoms with Gasteiger partial charge in [-0.1, -0.05) is 30.3 Å². The van der Waals surface area contributed by atoms with E-state index in [1.807, 2.05) is 42.5 Å². The zero-order chi connectivity index (χ0) is 20.2. The Hall–Kier alpha value is -3.60. The summed E-state index contributed by atoms with van der Waals surface area (Å²) >= 11 is 0. The SMILES string of the molecule is O=C(O)c1cccc(NC(=O)c2cccc(-c3cccc(OCC4CC4)c3)c2)c1. The molecular formula is C24H21NO4. The van der Waals surface area contributed by atoms with Crippen LogP contribution in [0.4, 0.5) is 5.69 Å². The zero-order valence-corrected chi connectivity index (χ0v) is 15.8. The molecule has 3 aromatic carbocycles. The Labute approximate surface area is 169 Å². The van der Waals surface area contributed by atoms with Crippen molar-refractivity contribution in [3.05, 3.63) is 83.9 Å². The molecule has 0 radical (unpaired) electrons. The lowest BCUT2D eigenvalue weighted by Gasteiger charge is -2.10. The quantitative estimate of drug-likeness (QED) is 0.592. The molecule has 29 heavy (non-hydrogen) atoms. The summed E-state index contributed by atoms with van der Waals surface area (Å²) in [5, 5.41) is 11.9. The molecule has 0 bridgehead atoms. The number of carboxylic acid groups (broad SMARTS) is 1. The van der Waals surface area contributed by atoms with Crippen LogP contribution >= 0.6 is 0 Å². The lowest BCUT2D eigenvalue weighted by Crippen LogP contribution is -2.12. The molecule has 1 aliphatic rings. The third kappa shape index (κ3) is 4.82. The van der Waals surface area contributed by atoms with Crippen LogP contribution < -0.4 is 10.1 Å². The minimum Gasteiger partial charge on any atom is -0.493 e. The van der Waals surface area contributed by atoms with Gasteiger partial charge in [0.1, 0.15) is 5.75 Å². The number of nitrogens with one attached hydrogen (secondary N) is 1. The first-order valence-electron chi connectivity index (χ1n) is 9.56. The molecule has 146 valence electrons. The fourth-order valence-electron chi connectivity index (χ4n) is 3.04. The molecule has 0 saturated heterocycles. The van der Waals surface area contributed by atoms with E-state index in [2.05, 4.69) is 5.32 Å². The molecule has 0 aliphatic heterocycles. The summed E-state index contributed by atoms with van der Waals surface area (Å²) in [5.41, 5.74) is 2.94. The second-order valence-electron chi connectivity index (χ2n) is 7.20. The Morgan fingerprint density at radius 2 is 1.59 bits per heavy atom. The van der Waals surface area contributed by atoms with Crippen LogP contribution in [0.15, 0.2) is 72.8 Å².